The largest absolute Gasteiger partial charge is 0.365 e. The van der Waals surface area contributed by atoms with Crippen molar-refractivity contribution in [1.29, 1.82) is 0 Å². The molecular formula is C22H20N4S. The average Bonchev–Trinajstić information content (AvgIpc) is 3.09. The Morgan fingerprint density at radius 3 is 2.48 bits per heavy atom. The fourth-order valence-corrected chi connectivity index (χ4v) is 3.62. The van der Waals surface area contributed by atoms with Gasteiger partial charge in [-0.05, 0) is 49.4 Å². The maximum Gasteiger partial charge on any atom is 0.158 e. The van der Waals surface area contributed by atoms with E-state index in [0.717, 1.165) is 27.6 Å². The molecule has 2 aliphatic carbocycles. The van der Waals surface area contributed by atoms with Gasteiger partial charge in [-0.25, -0.2) is 4.98 Å². The van der Waals surface area contributed by atoms with Crippen molar-refractivity contribution >= 4 is 22.8 Å². The number of aromatic nitrogens is 3. The van der Waals surface area contributed by atoms with Gasteiger partial charge in [-0.3, -0.25) is 0 Å². The second-order valence-electron chi connectivity index (χ2n) is 7.39. The van der Waals surface area contributed by atoms with Gasteiger partial charge in [0.15, 0.2) is 5.65 Å². The lowest BCUT2D eigenvalue weighted by Crippen LogP contribution is -2.27. The summed E-state index contributed by atoms with van der Waals surface area (Å²) in [6.07, 6.45) is 7.31. The highest BCUT2D eigenvalue weighted by atomic mass is 32.1. The van der Waals surface area contributed by atoms with E-state index in [1.54, 1.807) is 22.0 Å². The Morgan fingerprint density at radius 2 is 1.89 bits per heavy atom. The van der Waals surface area contributed by atoms with Crippen molar-refractivity contribution in [3.63, 3.8) is 0 Å². The van der Waals surface area contributed by atoms with Crippen molar-refractivity contribution in [2.75, 3.05) is 5.32 Å². The van der Waals surface area contributed by atoms with Gasteiger partial charge < -0.3 is 5.32 Å². The number of hydrogen-bond acceptors (Lipinski definition) is 4. The number of anilines is 1. The van der Waals surface area contributed by atoms with E-state index in [9.17, 15) is 0 Å². The van der Waals surface area contributed by atoms with Crippen LogP contribution in [-0.2, 0) is 0 Å². The molecule has 0 saturated heterocycles. The highest BCUT2D eigenvalue weighted by Gasteiger charge is 2.16. The molecule has 0 unspecified atom stereocenters. The van der Waals surface area contributed by atoms with Gasteiger partial charge in [0.25, 0.3) is 0 Å². The van der Waals surface area contributed by atoms with Gasteiger partial charge in [0, 0.05) is 23.2 Å². The molecule has 2 aliphatic rings. The Bertz CT molecular complexity index is 1140. The molecule has 0 spiro atoms. The molecule has 134 valence electrons. The molecular weight excluding hydrogens is 352 g/mol. The number of terminal acetylenes is 1. The number of benzene rings is 1. The molecule has 0 saturated carbocycles. The zero-order valence-electron chi connectivity index (χ0n) is 15.5. The van der Waals surface area contributed by atoms with Crippen LogP contribution >= 0.6 is 11.3 Å². The maximum absolute atomic E-state index is 5.56. The Kier molecular flexibility index (Phi) is 4.21. The molecule has 0 atom stereocenters. The number of nitrogens with one attached hydrogen (secondary N) is 1. The number of thiophene rings is 1. The third kappa shape index (κ3) is 3.71. The van der Waals surface area contributed by atoms with E-state index >= 15 is 0 Å². The van der Waals surface area contributed by atoms with E-state index in [-0.39, 0.29) is 5.54 Å². The second-order valence-corrected chi connectivity index (χ2v) is 8.31. The maximum atomic E-state index is 5.56. The molecule has 3 heterocycles. The number of fused-ring (bicyclic) bond motifs is 2. The lowest BCUT2D eigenvalue weighted by atomic mass is 10.1. The molecule has 0 aliphatic heterocycles. The van der Waals surface area contributed by atoms with Crippen LogP contribution in [0.25, 0.3) is 27.3 Å². The minimum absolute atomic E-state index is 0.0676. The molecule has 27 heavy (non-hydrogen) atoms. The predicted molar refractivity (Wildman–Crippen MR) is 113 cm³/mol. The molecule has 3 aromatic heterocycles. The number of rotatable bonds is 2. The Balaban J connectivity index is 0.000000250. The lowest BCUT2D eigenvalue weighted by Gasteiger charge is -2.22. The summed E-state index contributed by atoms with van der Waals surface area (Å²) < 4.78 is 1.80. The monoisotopic (exact) mass is 372 g/mol. The summed E-state index contributed by atoms with van der Waals surface area (Å²) in [5.41, 5.74) is 5.33. The summed E-state index contributed by atoms with van der Waals surface area (Å²) in [5, 5.41) is 9.78. The zero-order chi connectivity index (χ0) is 19.0. The summed E-state index contributed by atoms with van der Waals surface area (Å²) in [7, 11) is 0. The second kappa shape index (κ2) is 6.57. The normalized spacial score (nSPS) is 11.5. The van der Waals surface area contributed by atoms with Crippen molar-refractivity contribution in [3.05, 3.63) is 59.6 Å². The Hall–Kier alpha value is -3.10. The van der Waals surface area contributed by atoms with Crippen molar-refractivity contribution in [2.24, 2.45) is 0 Å². The highest BCUT2D eigenvalue weighted by molar-refractivity contribution is 7.13. The first-order valence-electron chi connectivity index (χ1n) is 8.72. The van der Waals surface area contributed by atoms with Crippen molar-refractivity contribution in [3.8, 4) is 34.0 Å². The van der Waals surface area contributed by atoms with Gasteiger partial charge in [-0.1, -0.05) is 24.1 Å². The summed E-state index contributed by atoms with van der Waals surface area (Å²) in [6, 6.07) is 14.3. The van der Waals surface area contributed by atoms with Crippen molar-refractivity contribution in [1.82, 2.24) is 14.6 Å². The Labute approximate surface area is 162 Å². The highest BCUT2D eigenvalue weighted by Crippen LogP contribution is 2.33. The topological polar surface area (TPSA) is 42.2 Å². The molecule has 0 aromatic carbocycles. The van der Waals surface area contributed by atoms with E-state index < -0.39 is 0 Å². The summed E-state index contributed by atoms with van der Waals surface area (Å²) in [6.45, 7) is 6.33. The average molecular weight is 372 g/mol. The number of nitrogens with zero attached hydrogens (tertiary/aromatic N) is 3. The van der Waals surface area contributed by atoms with E-state index in [2.05, 4.69) is 66.4 Å². The fraction of sp³-hybridized carbons (Fsp3) is 0.182. The lowest BCUT2D eigenvalue weighted by molar-refractivity contribution is 0.625. The van der Waals surface area contributed by atoms with Crippen LogP contribution < -0.4 is 5.32 Å². The molecule has 0 fully saturated rings. The predicted octanol–water partition coefficient (Wildman–Crippen LogP) is 5.32. The van der Waals surface area contributed by atoms with Crippen LogP contribution in [0.5, 0.6) is 0 Å². The third-order valence-electron chi connectivity index (χ3n) is 4.03. The molecule has 0 bridgehead atoms. The van der Waals surface area contributed by atoms with Crippen LogP contribution in [-0.4, -0.2) is 20.1 Å². The van der Waals surface area contributed by atoms with E-state index in [0.29, 0.717) is 0 Å². The SMILES string of the molecule is C#Cc1ccsc1-c1cc(NC(C)(C)C)n2nccc2n1.c1cc2cc-2c1. The van der Waals surface area contributed by atoms with Gasteiger partial charge in [-0.2, -0.15) is 9.61 Å². The molecule has 5 heteroatoms. The first-order valence-corrected chi connectivity index (χ1v) is 9.60. The van der Waals surface area contributed by atoms with Gasteiger partial charge in [0.05, 0.1) is 16.8 Å². The van der Waals surface area contributed by atoms with E-state index in [4.69, 9.17) is 6.42 Å². The van der Waals surface area contributed by atoms with Crippen molar-refractivity contribution in [2.45, 2.75) is 26.3 Å². The first kappa shape index (κ1) is 17.3. The van der Waals surface area contributed by atoms with Crippen LogP contribution in [0.3, 0.4) is 0 Å². The molecule has 3 aromatic rings. The molecule has 4 nitrogen and oxygen atoms in total. The Morgan fingerprint density at radius 1 is 1.11 bits per heavy atom. The van der Waals surface area contributed by atoms with Gasteiger partial charge in [0.2, 0.25) is 0 Å². The van der Waals surface area contributed by atoms with Crippen LogP contribution in [0.4, 0.5) is 5.82 Å². The van der Waals surface area contributed by atoms with Gasteiger partial charge in [0.1, 0.15) is 5.82 Å². The number of hydrogen-bond donors (Lipinski definition) is 1. The van der Waals surface area contributed by atoms with Gasteiger partial charge >= 0.3 is 0 Å². The minimum atomic E-state index is -0.0676. The van der Waals surface area contributed by atoms with Crippen molar-refractivity contribution < 1.29 is 0 Å². The first-order chi connectivity index (χ1) is 12.9. The summed E-state index contributed by atoms with van der Waals surface area (Å²) in [4.78, 5) is 5.66. The summed E-state index contributed by atoms with van der Waals surface area (Å²) >= 11 is 1.60. The third-order valence-corrected chi connectivity index (χ3v) is 4.97. The van der Waals surface area contributed by atoms with E-state index in [1.807, 2.05) is 23.6 Å². The molecule has 5 rings (SSSR count). The summed E-state index contributed by atoms with van der Waals surface area (Å²) in [5.74, 6) is 3.62. The van der Waals surface area contributed by atoms with Crippen LogP contribution in [0.15, 0.2) is 54.0 Å². The molecule has 0 amide bonds. The molecule has 0 radical (unpaired) electrons. The quantitative estimate of drug-likeness (QED) is 0.427. The smallest absolute Gasteiger partial charge is 0.158 e. The zero-order valence-corrected chi connectivity index (χ0v) is 16.3. The minimum Gasteiger partial charge on any atom is -0.365 e. The van der Waals surface area contributed by atoms with E-state index in [1.165, 1.54) is 11.1 Å². The van der Waals surface area contributed by atoms with Gasteiger partial charge in [-0.15, -0.1) is 17.8 Å². The fourth-order valence-electron chi connectivity index (χ4n) is 2.80. The standard InChI is InChI=1S/C16H16N4S.C6H4/c1-5-11-7-9-21-15(11)12-10-14(19-16(2,3)4)20-13(18-12)6-8-17-20;1-2-5-4-6(5)3-1/h1,6-10,19H,2-4H3;1-4H. The van der Waals surface area contributed by atoms with Crippen LogP contribution in [0, 0.1) is 12.3 Å². The van der Waals surface area contributed by atoms with Crippen LogP contribution in [0.2, 0.25) is 0 Å². The molecule has 1 N–H and O–H groups in total. The van der Waals surface area contributed by atoms with Crippen LogP contribution in [0.1, 0.15) is 26.3 Å².